The zero-order valence-electron chi connectivity index (χ0n) is 16.7. The summed E-state index contributed by atoms with van der Waals surface area (Å²) in [5.41, 5.74) is 5.49. The summed E-state index contributed by atoms with van der Waals surface area (Å²) in [6, 6.07) is 19.0. The molecule has 5 nitrogen and oxygen atoms in total. The van der Waals surface area contributed by atoms with Gasteiger partial charge in [-0.1, -0.05) is 18.2 Å². The third kappa shape index (κ3) is 2.85. The molecular formula is C26H20N2O3. The van der Waals surface area contributed by atoms with Gasteiger partial charge in [0.2, 0.25) is 0 Å². The van der Waals surface area contributed by atoms with Crippen molar-refractivity contribution >= 4 is 22.4 Å². The summed E-state index contributed by atoms with van der Waals surface area (Å²) in [7, 11) is 0. The van der Waals surface area contributed by atoms with Gasteiger partial charge in [-0.05, 0) is 60.0 Å². The van der Waals surface area contributed by atoms with Crippen LogP contribution in [0, 0.1) is 0 Å². The Labute approximate surface area is 179 Å². The maximum atomic E-state index is 13.5. The minimum Gasteiger partial charge on any atom is -0.508 e. The van der Waals surface area contributed by atoms with Crippen molar-refractivity contribution in [1.29, 1.82) is 0 Å². The standard InChI is InChI=1S/C26H20N2O3/c29-17-5-1-4-15(12-17)24-25-18-6-2-10-27-19(18)8-9-20(25)28-21-13-16(14-22(30)26(21)24)23-7-3-11-31-23/h1-12,16,24,28-29H,13-14H2/t16-,24+/m1/s1. The lowest BCUT2D eigenvalue weighted by Gasteiger charge is -2.36. The molecule has 0 bridgehead atoms. The van der Waals surface area contributed by atoms with Crippen LogP contribution in [0.4, 0.5) is 5.69 Å². The number of hydrogen-bond donors (Lipinski definition) is 2. The number of fused-ring (bicyclic) bond motifs is 3. The molecule has 1 aliphatic carbocycles. The first-order valence-corrected chi connectivity index (χ1v) is 10.4. The summed E-state index contributed by atoms with van der Waals surface area (Å²) in [6.45, 7) is 0. The van der Waals surface area contributed by atoms with Crippen LogP contribution in [0.3, 0.4) is 0 Å². The summed E-state index contributed by atoms with van der Waals surface area (Å²) in [5.74, 6) is 0.882. The largest absolute Gasteiger partial charge is 0.508 e. The number of phenols is 1. The van der Waals surface area contributed by atoms with Crippen LogP contribution in [0.1, 0.15) is 41.6 Å². The molecule has 2 atom stereocenters. The first-order chi connectivity index (χ1) is 15.2. The second-order valence-electron chi connectivity index (χ2n) is 8.19. The molecule has 3 heterocycles. The van der Waals surface area contributed by atoms with Crippen LogP contribution >= 0.6 is 0 Å². The first kappa shape index (κ1) is 18.0. The molecule has 0 fully saturated rings. The summed E-state index contributed by atoms with van der Waals surface area (Å²) >= 11 is 0. The van der Waals surface area contributed by atoms with E-state index in [-0.39, 0.29) is 23.4 Å². The van der Waals surface area contributed by atoms with Gasteiger partial charge < -0.3 is 14.8 Å². The Kier molecular flexibility index (Phi) is 3.96. The van der Waals surface area contributed by atoms with Gasteiger partial charge in [-0.25, -0.2) is 0 Å². The Morgan fingerprint density at radius 3 is 2.81 bits per heavy atom. The Bertz CT molecular complexity index is 1350. The van der Waals surface area contributed by atoms with E-state index >= 15 is 0 Å². The fraction of sp³-hybridized carbons (Fsp3) is 0.154. The molecule has 31 heavy (non-hydrogen) atoms. The number of nitrogens with zero attached hydrogens (tertiary/aromatic N) is 1. The molecule has 0 radical (unpaired) electrons. The van der Waals surface area contributed by atoms with E-state index in [2.05, 4.69) is 10.3 Å². The monoisotopic (exact) mass is 408 g/mol. The number of phenolic OH excluding ortho intramolecular Hbond substituents is 1. The Hall–Kier alpha value is -3.86. The van der Waals surface area contributed by atoms with Crippen molar-refractivity contribution in [3.8, 4) is 5.75 Å². The highest BCUT2D eigenvalue weighted by molar-refractivity contribution is 6.04. The molecule has 0 saturated heterocycles. The molecule has 2 aliphatic rings. The highest BCUT2D eigenvalue weighted by Gasteiger charge is 2.39. The van der Waals surface area contributed by atoms with Gasteiger partial charge in [-0.15, -0.1) is 0 Å². The average molecular weight is 408 g/mol. The van der Waals surface area contributed by atoms with E-state index in [0.29, 0.717) is 12.8 Å². The summed E-state index contributed by atoms with van der Waals surface area (Å²) in [6.07, 6.45) is 4.54. The molecule has 5 heteroatoms. The van der Waals surface area contributed by atoms with Crippen molar-refractivity contribution in [2.24, 2.45) is 0 Å². The van der Waals surface area contributed by atoms with Crippen LogP contribution in [0.5, 0.6) is 5.75 Å². The second-order valence-corrected chi connectivity index (χ2v) is 8.19. The number of carbonyl (C=O) groups excluding carboxylic acids is 1. The van der Waals surface area contributed by atoms with Crippen molar-refractivity contribution in [3.63, 3.8) is 0 Å². The first-order valence-electron chi connectivity index (χ1n) is 10.4. The van der Waals surface area contributed by atoms with Crippen LogP contribution in [-0.2, 0) is 4.79 Å². The van der Waals surface area contributed by atoms with Gasteiger partial charge in [0, 0.05) is 46.8 Å². The smallest absolute Gasteiger partial charge is 0.162 e. The molecule has 2 N–H and O–H groups in total. The number of anilines is 1. The number of allylic oxidation sites excluding steroid dienone is 2. The molecule has 152 valence electrons. The minimum absolute atomic E-state index is 0.0160. The number of aromatic hydroxyl groups is 1. The van der Waals surface area contributed by atoms with Crippen LogP contribution in [0.2, 0.25) is 0 Å². The molecular weight excluding hydrogens is 388 g/mol. The van der Waals surface area contributed by atoms with Gasteiger partial charge in [0.05, 0.1) is 11.8 Å². The van der Waals surface area contributed by atoms with Crippen molar-refractivity contribution < 1.29 is 14.3 Å². The normalized spacial score (nSPS) is 20.3. The molecule has 0 amide bonds. The predicted octanol–water partition coefficient (Wildman–Crippen LogP) is 5.49. The van der Waals surface area contributed by atoms with Crippen LogP contribution < -0.4 is 5.32 Å². The molecule has 6 rings (SSSR count). The number of furan rings is 1. The van der Waals surface area contributed by atoms with Crippen molar-refractivity contribution in [3.05, 3.63) is 101 Å². The van der Waals surface area contributed by atoms with E-state index < -0.39 is 0 Å². The minimum atomic E-state index is -0.267. The van der Waals surface area contributed by atoms with E-state index in [4.69, 9.17) is 4.42 Å². The fourth-order valence-electron chi connectivity index (χ4n) is 5.05. The van der Waals surface area contributed by atoms with Crippen molar-refractivity contribution in [1.82, 2.24) is 4.98 Å². The van der Waals surface area contributed by atoms with Crippen molar-refractivity contribution in [2.75, 3.05) is 5.32 Å². The Morgan fingerprint density at radius 1 is 1.03 bits per heavy atom. The van der Waals surface area contributed by atoms with Gasteiger partial charge in [0.25, 0.3) is 0 Å². The zero-order chi connectivity index (χ0) is 20.9. The molecule has 1 aliphatic heterocycles. The van der Waals surface area contributed by atoms with Crippen LogP contribution in [-0.4, -0.2) is 15.9 Å². The summed E-state index contributed by atoms with van der Waals surface area (Å²) in [5, 5.41) is 14.8. The maximum Gasteiger partial charge on any atom is 0.162 e. The van der Waals surface area contributed by atoms with Gasteiger partial charge >= 0.3 is 0 Å². The molecule has 2 aromatic carbocycles. The number of hydrogen-bond acceptors (Lipinski definition) is 5. The lowest BCUT2D eigenvalue weighted by Crippen LogP contribution is -2.29. The second kappa shape index (κ2) is 6.84. The number of nitrogens with one attached hydrogen (secondary N) is 1. The third-order valence-corrected chi connectivity index (χ3v) is 6.35. The Morgan fingerprint density at radius 2 is 1.97 bits per heavy atom. The molecule has 0 saturated carbocycles. The quantitative estimate of drug-likeness (QED) is 0.459. The van der Waals surface area contributed by atoms with Gasteiger partial charge in [0.1, 0.15) is 11.5 Å². The van der Waals surface area contributed by atoms with Crippen LogP contribution in [0.15, 0.2) is 88.8 Å². The lowest BCUT2D eigenvalue weighted by molar-refractivity contribution is -0.116. The van der Waals surface area contributed by atoms with Crippen molar-refractivity contribution in [2.45, 2.75) is 24.7 Å². The highest BCUT2D eigenvalue weighted by atomic mass is 16.3. The maximum absolute atomic E-state index is 13.5. The number of Topliss-reactive ketones (excluding diaryl/α,β-unsaturated/α-hetero) is 1. The lowest BCUT2D eigenvalue weighted by atomic mass is 9.72. The van der Waals surface area contributed by atoms with E-state index in [1.807, 2.05) is 48.5 Å². The number of aromatic nitrogens is 1. The fourth-order valence-corrected chi connectivity index (χ4v) is 5.05. The zero-order valence-corrected chi connectivity index (χ0v) is 16.7. The van der Waals surface area contributed by atoms with E-state index in [1.54, 1.807) is 24.6 Å². The SMILES string of the molecule is O=C1C[C@H](c2ccco2)CC2=C1[C@@H](c1cccc(O)c1)c1c(ccc3ncccc13)N2. The average Bonchev–Trinajstić information content (AvgIpc) is 3.32. The number of benzene rings is 2. The summed E-state index contributed by atoms with van der Waals surface area (Å²) < 4.78 is 5.61. The van der Waals surface area contributed by atoms with E-state index in [9.17, 15) is 9.90 Å². The molecule has 0 spiro atoms. The topological polar surface area (TPSA) is 75.4 Å². The van der Waals surface area contributed by atoms with Gasteiger partial charge in [-0.2, -0.15) is 0 Å². The molecule has 4 aromatic rings. The van der Waals surface area contributed by atoms with E-state index in [0.717, 1.165) is 44.7 Å². The summed E-state index contributed by atoms with van der Waals surface area (Å²) in [4.78, 5) is 18.0. The van der Waals surface area contributed by atoms with E-state index in [1.165, 1.54) is 0 Å². The third-order valence-electron chi connectivity index (χ3n) is 6.35. The highest BCUT2D eigenvalue weighted by Crippen LogP contribution is 2.50. The number of pyridine rings is 1. The number of rotatable bonds is 2. The van der Waals surface area contributed by atoms with Gasteiger partial charge in [-0.3, -0.25) is 9.78 Å². The molecule has 0 unspecified atom stereocenters. The Balaban J connectivity index is 1.58. The molecule has 2 aromatic heterocycles. The van der Waals surface area contributed by atoms with Gasteiger partial charge in [0.15, 0.2) is 5.78 Å². The predicted molar refractivity (Wildman–Crippen MR) is 118 cm³/mol. The number of carbonyl (C=O) groups is 1. The van der Waals surface area contributed by atoms with Crippen LogP contribution in [0.25, 0.3) is 10.9 Å². The number of ketones is 1.